The zero-order chi connectivity index (χ0) is 17.0. The van der Waals surface area contributed by atoms with Gasteiger partial charge in [-0.1, -0.05) is 18.2 Å². The van der Waals surface area contributed by atoms with Crippen LogP contribution in [-0.2, 0) is 20.2 Å². The molecular weight excluding hydrogens is 347 g/mol. The summed E-state index contributed by atoms with van der Waals surface area (Å²) in [5.74, 6) is -1.68. The predicted molar refractivity (Wildman–Crippen MR) is 80.0 cm³/mol. The summed E-state index contributed by atoms with van der Waals surface area (Å²) in [4.78, 5) is 25.5. The number of carbonyl (C=O) groups excluding carboxylic acids is 2. The lowest BCUT2D eigenvalue weighted by Gasteiger charge is -2.33. The van der Waals surface area contributed by atoms with E-state index in [1.54, 1.807) is 0 Å². The number of hydrogen-bond donors (Lipinski definition) is 1. The van der Waals surface area contributed by atoms with Crippen molar-refractivity contribution in [3.05, 3.63) is 41.2 Å². The van der Waals surface area contributed by atoms with Crippen molar-refractivity contribution < 1.29 is 22.4 Å². The predicted octanol–water partition coefficient (Wildman–Crippen LogP) is 1.50. The highest BCUT2D eigenvalue weighted by Crippen LogP contribution is 2.41. The third kappa shape index (κ3) is 2.33. The molecule has 1 aromatic carbocycles. The quantitative estimate of drug-likeness (QED) is 0.641. The fourth-order valence-electron chi connectivity index (χ4n) is 2.93. The number of imide groups is 1. The Balaban J connectivity index is 2.18. The monoisotopic (exact) mass is 358 g/mol. The van der Waals surface area contributed by atoms with Gasteiger partial charge in [-0.05, 0) is 24.6 Å². The van der Waals surface area contributed by atoms with Gasteiger partial charge in [0.2, 0.25) is 0 Å². The number of rotatable bonds is 2. The maximum absolute atomic E-state index is 13.6. The molecule has 1 N–H and O–H groups in total. The molecule has 0 radical (unpaired) electrons. The van der Waals surface area contributed by atoms with Gasteiger partial charge < -0.3 is 5.32 Å². The molecule has 2 aliphatic rings. The number of halogens is 2. The highest BCUT2D eigenvalue weighted by Gasteiger charge is 2.56. The highest BCUT2D eigenvalue weighted by atomic mass is 35.5. The molecule has 3 amide bonds. The van der Waals surface area contributed by atoms with E-state index in [9.17, 15) is 22.4 Å². The van der Waals surface area contributed by atoms with Gasteiger partial charge in [-0.25, -0.2) is 17.6 Å². The van der Waals surface area contributed by atoms with Gasteiger partial charge in [-0.3, -0.25) is 9.69 Å². The largest absolute Gasteiger partial charge is 0.325 e. The summed E-state index contributed by atoms with van der Waals surface area (Å²) in [6, 6.07) is 2.38. The molecule has 2 heterocycles. The average Bonchev–Trinajstić information content (AvgIpc) is 2.68. The Morgan fingerprint density at radius 3 is 2.78 bits per heavy atom. The second kappa shape index (κ2) is 5.04. The molecule has 6 nitrogen and oxygen atoms in total. The Hall–Kier alpha value is -1.93. The van der Waals surface area contributed by atoms with Crippen molar-refractivity contribution in [1.82, 2.24) is 10.2 Å². The van der Waals surface area contributed by atoms with Gasteiger partial charge in [-0.15, -0.1) is 0 Å². The van der Waals surface area contributed by atoms with Crippen molar-refractivity contribution in [3.8, 4) is 0 Å². The van der Waals surface area contributed by atoms with Crippen molar-refractivity contribution in [2.45, 2.75) is 16.9 Å². The van der Waals surface area contributed by atoms with Crippen LogP contribution in [0, 0.1) is 5.82 Å². The lowest BCUT2D eigenvalue weighted by molar-refractivity contribution is -0.131. The number of urea groups is 1. The van der Waals surface area contributed by atoms with Crippen LogP contribution in [0.3, 0.4) is 0 Å². The molecule has 0 aromatic heterocycles. The molecule has 0 saturated carbocycles. The van der Waals surface area contributed by atoms with Gasteiger partial charge >= 0.3 is 6.03 Å². The molecule has 1 atom stereocenters. The van der Waals surface area contributed by atoms with E-state index in [1.807, 2.05) is 0 Å². The smallest absolute Gasteiger partial charge is 0.319 e. The molecule has 3 rings (SSSR count). The van der Waals surface area contributed by atoms with E-state index in [0.29, 0.717) is 0 Å². The van der Waals surface area contributed by atoms with Crippen molar-refractivity contribution in [3.63, 3.8) is 0 Å². The molecule has 0 bridgehead atoms. The number of nitrogens with zero attached hydrogens (tertiary/aromatic N) is 1. The third-order valence-corrected chi connectivity index (χ3v) is 5.87. The minimum Gasteiger partial charge on any atom is -0.319 e. The molecule has 0 unspecified atom stereocenters. The van der Waals surface area contributed by atoms with E-state index in [4.69, 9.17) is 11.6 Å². The molecule has 1 fully saturated rings. The van der Waals surface area contributed by atoms with Crippen LogP contribution < -0.4 is 5.32 Å². The van der Waals surface area contributed by atoms with Gasteiger partial charge in [0.25, 0.3) is 5.91 Å². The summed E-state index contributed by atoms with van der Waals surface area (Å²) in [6.07, 6.45) is -0.165. The molecule has 1 aromatic rings. The normalized spacial score (nSPS) is 25.4. The Morgan fingerprint density at radius 2 is 2.13 bits per heavy atom. The first-order valence-corrected chi connectivity index (χ1v) is 8.70. The van der Waals surface area contributed by atoms with Crippen molar-refractivity contribution in [2.75, 3.05) is 12.3 Å². The maximum atomic E-state index is 13.6. The first-order valence-electron chi connectivity index (χ1n) is 6.67. The van der Waals surface area contributed by atoms with Gasteiger partial charge in [0.1, 0.15) is 11.4 Å². The number of hydrogen-bond acceptors (Lipinski definition) is 4. The molecule has 1 saturated heterocycles. The summed E-state index contributed by atoms with van der Waals surface area (Å²) in [5.41, 5.74) is -1.64. The van der Waals surface area contributed by atoms with Crippen LogP contribution in [0.5, 0.6) is 0 Å². The Labute approximate surface area is 136 Å². The Morgan fingerprint density at radius 1 is 1.43 bits per heavy atom. The number of amides is 3. The lowest BCUT2D eigenvalue weighted by atomic mass is 9.86. The standard InChI is InChI=1S/C14H12ClFN2O4S/c1-8(15)7-18-12(19)14(17-13(18)20)4-5-23(21,22)11-3-2-9(16)6-10(11)14/h2-3,6H,1,4-5,7H2,(H,17,20)/t14-/m0/s1. The van der Waals surface area contributed by atoms with Crippen LogP contribution in [-0.4, -0.2) is 37.6 Å². The van der Waals surface area contributed by atoms with Crippen molar-refractivity contribution in [1.29, 1.82) is 0 Å². The molecular formula is C14H12ClFN2O4S. The minimum absolute atomic E-state index is 0.0511. The zero-order valence-electron chi connectivity index (χ0n) is 11.8. The first kappa shape index (κ1) is 15.9. The lowest BCUT2D eigenvalue weighted by Crippen LogP contribution is -2.49. The highest BCUT2D eigenvalue weighted by molar-refractivity contribution is 7.91. The fourth-order valence-corrected chi connectivity index (χ4v) is 4.69. The molecule has 1 spiro atoms. The average molecular weight is 359 g/mol. The Kier molecular flexibility index (Phi) is 3.49. The van der Waals surface area contributed by atoms with E-state index in [2.05, 4.69) is 11.9 Å². The summed E-state index contributed by atoms with van der Waals surface area (Å²) >= 11 is 5.66. The minimum atomic E-state index is -3.64. The molecule has 0 aliphatic carbocycles. The van der Waals surface area contributed by atoms with Crippen molar-refractivity contribution in [2.24, 2.45) is 0 Å². The number of sulfone groups is 1. The summed E-state index contributed by atoms with van der Waals surface area (Å²) in [7, 11) is -3.64. The summed E-state index contributed by atoms with van der Waals surface area (Å²) < 4.78 is 38.0. The van der Waals surface area contributed by atoms with Crippen LogP contribution in [0.4, 0.5) is 9.18 Å². The number of fused-ring (bicyclic) bond motifs is 2. The van der Waals surface area contributed by atoms with E-state index < -0.39 is 33.1 Å². The molecule has 122 valence electrons. The molecule has 2 aliphatic heterocycles. The van der Waals surface area contributed by atoms with E-state index in [0.717, 1.165) is 23.1 Å². The summed E-state index contributed by atoms with van der Waals surface area (Å²) in [5, 5.41) is 2.58. The second-order valence-corrected chi connectivity index (χ2v) is 8.07. The number of benzene rings is 1. The van der Waals surface area contributed by atoms with Crippen LogP contribution in [0.15, 0.2) is 34.7 Å². The van der Waals surface area contributed by atoms with Crippen LogP contribution in [0.2, 0.25) is 0 Å². The van der Waals surface area contributed by atoms with Gasteiger partial charge in [0.05, 0.1) is 17.2 Å². The van der Waals surface area contributed by atoms with Crippen LogP contribution in [0.1, 0.15) is 12.0 Å². The number of nitrogens with one attached hydrogen (secondary N) is 1. The molecule has 9 heteroatoms. The van der Waals surface area contributed by atoms with E-state index in [-0.39, 0.29) is 34.2 Å². The number of carbonyl (C=O) groups is 2. The van der Waals surface area contributed by atoms with Gasteiger partial charge in [-0.2, -0.15) is 0 Å². The van der Waals surface area contributed by atoms with Crippen LogP contribution >= 0.6 is 11.6 Å². The van der Waals surface area contributed by atoms with Gasteiger partial charge in [0, 0.05) is 10.6 Å². The second-order valence-electron chi connectivity index (χ2n) is 5.45. The van der Waals surface area contributed by atoms with Gasteiger partial charge in [0.15, 0.2) is 9.84 Å². The van der Waals surface area contributed by atoms with Crippen molar-refractivity contribution >= 4 is 33.4 Å². The van der Waals surface area contributed by atoms with Crippen LogP contribution in [0.25, 0.3) is 0 Å². The maximum Gasteiger partial charge on any atom is 0.325 e. The SMILES string of the molecule is C=C(Cl)CN1C(=O)N[C@]2(CCS(=O)(=O)c3ccc(F)cc32)C1=O. The van der Waals surface area contributed by atoms with E-state index >= 15 is 0 Å². The Bertz CT molecular complexity index is 854. The zero-order valence-corrected chi connectivity index (χ0v) is 13.4. The molecule has 23 heavy (non-hydrogen) atoms. The fraction of sp³-hybridized carbons (Fsp3) is 0.286. The summed E-state index contributed by atoms with van der Waals surface area (Å²) in [6.45, 7) is 3.24. The third-order valence-electron chi connectivity index (χ3n) is 3.99. The first-order chi connectivity index (χ1) is 10.7. The van der Waals surface area contributed by atoms with E-state index in [1.165, 1.54) is 0 Å². The topological polar surface area (TPSA) is 83.6 Å².